The van der Waals surface area contributed by atoms with Crippen LogP contribution in [0.25, 0.3) is 16.6 Å². The fourth-order valence-electron chi connectivity index (χ4n) is 5.75. The van der Waals surface area contributed by atoms with E-state index in [4.69, 9.17) is 10.2 Å². The molecule has 2 aromatic carbocycles. The van der Waals surface area contributed by atoms with Crippen LogP contribution in [0.2, 0.25) is 0 Å². The molecule has 0 bridgehead atoms. The second-order valence-electron chi connectivity index (χ2n) is 10.3. The molecule has 0 radical (unpaired) electrons. The van der Waals surface area contributed by atoms with Gasteiger partial charge < -0.3 is 25.0 Å². The lowest BCUT2D eigenvalue weighted by atomic mass is 9.89. The lowest BCUT2D eigenvalue weighted by Gasteiger charge is -2.34. The van der Waals surface area contributed by atoms with Crippen LogP contribution in [-0.2, 0) is 16.1 Å². The predicted molar refractivity (Wildman–Crippen MR) is 153 cm³/mol. The molecule has 11 heteroatoms. The third-order valence-electron chi connectivity index (χ3n) is 7.66. The van der Waals surface area contributed by atoms with Crippen LogP contribution in [-0.4, -0.2) is 73.0 Å². The van der Waals surface area contributed by atoms with Gasteiger partial charge >= 0.3 is 11.9 Å². The number of aromatic amines is 1. The Balaban J connectivity index is 0.000000372. The van der Waals surface area contributed by atoms with Crippen LogP contribution < -0.4 is 4.90 Å². The van der Waals surface area contributed by atoms with E-state index >= 15 is 0 Å². The zero-order valence-electron chi connectivity index (χ0n) is 22.8. The first kappa shape index (κ1) is 28.0. The zero-order valence-corrected chi connectivity index (χ0v) is 22.8. The van der Waals surface area contributed by atoms with Crippen molar-refractivity contribution in [3.63, 3.8) is 0 Å². The molecule has 0 aliphatic carbocycles. The van der Waals surface area contributed by atoms with Crippen LogP contribution in [0.15, 0.2) is 60.8 Å². The van der Waals surface area contributed by atoms with E-state index in [9.17, 15) is 14.0 Å². The number of aryl methyl sites for hydroxylation is 1. The van der Waals surface area contributed by atoms with E-state index < -0.39 is 11.9 Å². The molecule has 0 amide bonds. The number of hydrogen-bond donors (Lipinski definition) is 3. The summed E-state index contributed by atoms with van der Waals surface area (Å²) in [4.78, 5) is 27.4. The Morgan fingerprint density at radius 2 is 1.76 bits per heavy atom. The molecule has 4 heterocycles. The standard InChI is InChI=1S/C26H29FN6.C4H4O4/c1-18-29-30-26-17-32(24-8-7-20(27)15-25(24)33(18)26)12-4-11-31-13-9-19(10-14-31)22-16-28-23-6-3-2-5-21(22)23;5-3(6)1-2-4(7)8/h2-3,5-8,15-16,19,28H,4,9-14,17H2,1H3;1-2H,(H,5,6)(H,7,8)/b;2-1+. The number of rotatable bonds is 7. The maximum absolute atomic E-state index is 14.0. The van der Waals surface area contributed by atoms with Gasteiger partial charge in [0.1, 0.15) is 11.6 Å². The van der Waals surface area contributed by atoms with Crippen molar-refractivity contribution in [2.75, 3.05) is 31.1 Å². The minimum atomic E-state index is -1.26. The third-order valence-corrected chi connectivity index (χ3v) is 7.66. The first-order valence-corrected chi connectivity index (χ1v) is 13.7. The molecule has 0 unspecified atom stereocenters. The van der Waals surface area contributed by atoms with Crippen molar-refractivity contribution in [3.8, 4) is 5.69 Å². The largest absolute Gasteiger partial charge is 0.478 e. The fourth-order valence-corrected chi connectivity index (χ4v) is 5.75. The number of fused-ring (bicyclic) bond motifs is 4. The van der Waals surface area contributed by atoms with Crippen LogP contribution in [0.4, 0.5) is 10.1 Å². The van der Waals surface area contributed by atoms with E-state index in [-0.39, 0.29) is 5.82 Å². The van der Waals surface area contributed by atoms with Crippen molar-refractivity contribution >= 4 is 28.5 Å². The van der Waals surface area contributed by atoms with Gasteiger partial charge in [0, 0.05) is 41.9 Å². The van der Waals surface area contributed by atoms with Crippen LogP contribution in [0, 0.1) is 12.7 Å². The highest BCUT2D eigenvalue weighted by Crippen LogP contribution is 2.34. The van der Waals surface area contributed by atoms with E-state index in [1.165, 1.54) is 29.3 Å². The van der Waals surface area contributed by atoms with Gasteiger partial charge in [-0.2, -0.15) is 0 Å². The number of likely N-dealkylation sites (tertiary alicyclic amines) is 1. The van der Waals surface area contributed by atoms with E-state index in [0.29, 0.717) is 24.6 Å². The lowest BCUT2D eigenvalue weighted by Crippen LogP contribution is -2.36. The average molecular weight is 561 g/mol. The number of hydrogen-bond acceptors (Lipinski definition) is 6. The Morgan fingerprint density at radius 3 is 2.49 bits per heavy atom. The van der Waals surface area contributed by atoms with Gasteiger partial charge in [-0.25, -0.2) is 14.0 Å². The van der Waals surface area contributed by atoms with Crippen LogP contribution in [0.5, 0.6) is 0 Å². The number of halogens is 1. The highest BCUT2D eigenvalue weighted by molar-refractivity contribution is 5.89. The number of piperidine rings is 1. The molecule has 6 rings (SSSR count). The number of carbonyl (C=O) groups is 2. The Labute approximate surface area is 236 Å². The van der Waals surface area contributed by atoms with E-state index in [2.05, 4.69) is 55.4 Å². The molecule has 4 aromatic rings. The normalized spacial score (nSPS) is 15.4. The summed E-state index contributed by atoms with van der Waals surface area (Å²) in [6.45, 7) is 6.91. The quantitative estimate of drug-likeness (QED) is 0.282. The van der Waals surface area contributed by atoms with Gasteiger partial charge in [0.15, 0.2) is 5.82 Å². The molecule has 1 fully saturated rings. The van der Waals surface area contributed by atoms with Gasteiger partial charge in [0.05, 0.1) is 17.9 Å². The molecule has 3 N–H and O–H groups in total. The monoisotopic (exact) mass is 560 g/mol. The van der Waals surface area contributed by atoms with Gasteiger partial charge in [-0.15, -0.1) is 10.2 Å². The Bertz CT molecular complexity index is 1550. The van der Waals surface area contributed by atoms with Crippen molar-refractivity contribution in [1.82, 2.24) is 24.6 Å². The van der Waals surface area contributed by atoms with Crippen molar-refractivity contribution < 1.29 is 24.2 Å². The number of nitrogens with zero attached hydrogens (tertiary/aromatic N) is 5. The molecule has 0 saturated carbocycles. The number of anilines is 1. The van der Waals surface area contributed by atoms with Crippen LogP contribution in [0.1, 0.15) is 42.4 Å². The first-order valence-electron chi connectivity index (χ1n) is 13.7. The molecule has 214 valence electrons. The molecule has 2 aliphatic rings. The summed E-state index contributed by atoms with van der Waals surface area (Å²) in [5.41, 5.74) is 4.62. The van der Waals surface area contributed by atoms with Gasteiger partial charge in [-0.1, -0.05) is 18.2 Å². The van der Waals surface area contributed by atoms with Gasteiger partial charge in [-0.05, 0) is 75.5 Å². The van der Waals surface area contributed by atoms with Crippen molar-refractivity contribution in [1.29, 1.82) is 0 Å². The molecular weight excluding hydrogens is 527 g/mol. The van der Waals surface area contributed by atoms with Gasteiger partial charge in [-0.3, -0.25) is 4.57 Å². The summed E-state index contributed by atoms with van der Waals surface area (Å²) in [7, 11) is 0. The number of nitrogens with one attached hydrogen (secondary N) is 1. The maximum atomic E-state index is 14.0. The van der Waals surface area contributed by atoms with Crippen molar-refractivity contribution in [2.24, 2.45) is 0 Å². The third kappa shape index (κ3) is 6.46. The smallest absolute Gasteiger partial charge is 0.328 e. The van der Waals surface area contributed by atoms with Crippen molar-refractivity contribution in [2.45, 2.75) is 38.6 Å². The molecule has 10 nitrogen and oxygen atoms in total. The number of carboxylic acid groups (broad SMARTS) is 2. The summed E-state index contributed by atoms with van der Waals surface area (Å²) >= 11 is 0. The SMILES string of the molecule is Cc1nnc2n1-c1cc(F)ccc1N(CCCN1CCC(c3c[nH]c4ccccc34)CC1)C2.O=C(O)/C=C/C(=O)O. The molecule has 2 aromatic heterocycles. The molecule has 0 spiro atoms. The number of H-pyrrole nitrogens is 1. The summed E-state index contributed by atoms with van der Waals surface area (Å²) in [5, 5.41) is 25.5. The number of aliphatic carboxylic acids is 2. The number of carboxylic acids is 2. The van der Waals surface area contributed by atoms with E-state index in [1.807, 2.05) is 17.6 Å². The molecule has 2 aliphatic heterocycles. The highest BCUT2D eigenvalue weighted by atomic mass is 19.1. The molecule has 0 atom stereocenters. The number of benzene rings is 2. The average Bonchev–Trinajstić information content (AvgIpc) is 3.56. The Morgan fingerprint density at radius 1 is 1.02 bits per heavy atom. The van der Waals surface area contributed by atoms with Crippen LogP contribution >= 0.6 is 0 Å². The molecular formula is C30H33FN6O4. The first-order chi connectivity index (χ1) is 19.8. The van der Waals surface area contributed by atoms with Gasteiger partial charge in [0.25, 0.3) is 0 Å². The number of aromatic nitrogens is 4. The van der Waals surface area contributed by atoms with E-state index in [0.717, 1.165) is 55.6 Å². The van der Waals surface area contributed by atoms with Gasteiger partial charge in [0.2, 0.25) is 0 Å². The maximum Gasteiger partial charge on any atom is 0.328 e. The summed E-state index contributed by atoms with van der Waals surface area (Å²) in [6, 6.07) is 13.6. The summed E-state index contributed by atoms with van der Waals surface area (Å²) in [6.07, 6.45) is 6.81. The minimum absolute atomic E-state index is 0.229. The van der Waals surface area contributed by atoms with Crippen molar-refractivity contribution in [3.05, 3.63) is 83.8 Å². The topological polar surface area (TPSA) is 128 Å². The van der Waals surface area contributed by atoms with Crippen LogP contribution in [0.3, 0.4) is 0 Å². The Kier molecular flexibility index (Phi) is 8.44. The lowest BCUT2D eigenvalue weighted by molar-refractivity contribution is -0.134. The number of para-hydroxylation sites is 1. The fraction of sp³-hybridized carbons (Fsp3) is 0.333. The predicted octanol–water partition coefficient (Wildman–Crippen LogP) is 4.50. The second kappa shape index (κ2) is 12.3. The molecule has 41 heavy (non-hydrogen) atoms. The van der Waals surface area contributed by atoms with E-state index in [1.54, 1.807) is 12.1 Å². The summed E-state index contributed by atoms with van der Waals surface area (Å²) < 4.78 is 16.0. The zero-order chi connectivity index (χ0) is 28.9. The second-order valence-corrected chi connectivity index (χ2v) is 10.3. The minimum Gasteiger partial charge on any atom is -0.478 e. The Hall–Kier alpha value is -4.51. The highest BCUT2D eigenvalue weighted by Gasteiger charge is 2.26. The summed E-state index contributed by atoms with van der Waals surface area (Å²) in [5.74, 6) is -0.428. The molecule has 1 saturated heterocycles.